The summed E-state index contributed by atoms with van der Waals surface area (Å²) in [6.45, 7) is 13.1. The van der Waals surface area contributed by atoms with Gasteiger partial charge in [0.2, 0.25) is 0 Å². The van der Waals surface area contributed by atoms with Crippen LogP contribution >= 0.6 is 0 Å². The second kappa shape index (κ2) is 12.0. The minimum atomic E-state index is -0.167. The molecule has 1 fully saturated rings. The smallest absolute Gasteiger partial charge is 0.123 e. The van der Waals surface area contributed by atoms with Crippen LogP contribution in [0.25, 0.3) is 21.8 Å². The molecule has 0 bridgehead atoms. The van der Waals surface area contributed by atoms with E-state index in [2.05, 4.69) is 47.5 Å². The van der Waals surface area contributed by atoms with Crippen molar-refractivity contribution in [3.63, 3.8) is 0 Å². The van der Waals surface area contributed by atoms with E-state index in [9.17, 15) is 8.78 Å². The molecular formula is C30H40F2N4. The molecule has 6 heteroatoms. The largest absolute Gasteiger partial charge is 0.361 e. The lowest BCUT2D eigenvalue weighted by Crippen LogP contribution is -2.32. The van der Waals surface area contributed by atoms with E-state index < -0.39 is 0 Å². The summed E-state index contributed by atoms with van der Waals surface area (Å²) in [6.07, 6.45) is 8.65. The minimum Gasteiger partial charge on any atom is -0.361 e. The molecule has 4 nitrogen and oxygen atoms in total. The lowest BCUT2D eigenvalue weighted by Gasteiger charge is -2.24. The molecule has 0 aliphatic heterocycles. The fourth-order valence-corrected chi connectivity index (χ4v) is 5.06. The maximum Gasteiger partial charge on any atom is 0.123 e. The van der Waals surface area contributed by atoms with Gasteiger partial charge in [0.1, 0.15) is 11.6 Å². The zero-order valence-electron chi connectivity index (χ0n) is 22.1. The Balaban J connectivity index is 0.000000169. The topological polar surface area (TPSA) is 38.1 Å². The first-order chi connectivity index (χ1) is 17.4. The average Bonchev–Trinajstić information content (AvgIpc) is 3.51. The van der Waals surface area contributed by atoms with Crippen LogP contribution in [0.15, 0.2) is 48.8 Å². The summed E-state index contributed by atoms with van der Waals surface area (Å²) in [6, 6.07) is 11.2. The first-order valence-corrected chi connectivity index (χ1v) is 13.4. The molecule has 4 aromatic rings. The number of aromatic nitrogens is 2. The van der Waals surface area contributed by atoms with Gasteiger partial charge in [-0.2, -0.15) is 0 Å². The molecule has 1 saturated carbocycles. The lowest BCUT2D eigenvalue weighted by molar-refractivity contribution is 0.237. The highest BCUT2D eigenvalue weighted by Crippen LogP contribution is 2.27. The molecule has 2 aromatic carbocycles. The van der Waals surface area contributed by atoms with Gasteiger partial charge in [0.05, 0.1) is 0 Å². The summed E-state index contributed by atoms with van der Waals surface area (Å²) in [5, 5.41) is 2.04. The molecule has 0 amide bonds. The Morgan fingerprint density at radius 1 is 0.806 bits per heavy atom. The fourth-order valence-electron chi connectivity index (χ4n) is 5.06. The minimum absolute atomic E-state index is 0.155. The van der Waals surface area contributed by atoms with Crippen molar-refractivity contribution in [1.82, 2.24) is 19.8 Å². The van der Waals surface area contributed by atoms with Crippen molar-refractivity contribution in [2.24, 2.45) is 0 Å². The van der Waals surface area contributed by atoms with E-state index in [-0.39, 0.29) is 11.6 Å². The van der Waals surface area contributed by atoms with Crippen molar-refractivity contribution >= 4 is 21.8 Å². The van der Waals surface area contributed by atoms with Gasteiger partial charge in [-0.25, -0.2) is 8.78 Å². The SMILES string of the molecule is CCN(CCc1c[nH]c2ccc(F)cc12)C(C)C.CCN(CCc1c[nH]c2ccc(F)cc12)C1CC1. The van der Waals surface area contributed by atoms with Crippen molar-refractivity contribution in [2.75, 3.05) is 26.2 Å². The van der Waals surface area contributed by atoms with Crippen LogP contribution in [0.2, 0.25) is 0 Å². The van der Waals surface area contributed by atoms with Crippen LogP contribution in [-0.4, -0.2) is 58.0 Å². The van der Waals surface area contributed by atoms with E-state index in [0.717, 1.165) is 66.9 Å². The summed E-state index contributed by atoms with van der Waals surface area (Å²) >= 11 is 0. The number of halogens is 2. The number of aromatic amines is 2. The zero-order valence-corrected chi connectivity index (χ0v) is 22.1. The van der Waals surface area contributed by atoms with Crippen molar-refractivity contribution < 1.29 is 8.78 Å². The maximum absolute atomic E-state index is 13.3. The summed E-state index contributed by atoms with van der Waals surface area (Å²) in [5.74, 6) is -0.322. The van der Waals surface area contributed by atoms with Gasteiger partial charge in [-0.05, 0) is 100 Å². The van der Waals surface area contributed by atoms with Gasteiger partial charge in [0.25, 0.3) is 0 Å². The van der Waals surface area contributed by atoms with Crippen LogP contribution in [0.5, 0.6) is 0 Å². The molecule has 36 heavy (non-hydrogen) atoms. The normalized spacial score (nSPS) is 13.8. The summed E-state index contributed by atoms with van der Waals surface area (Å²) in [4.78, 5) is 11.4. The molecule has 2 N–H and O–H groups in total. The van der Waals surface area contributed by atoms with E-state index in [0.29, 0.717) is 6.04 Å². The molecule has 0 saturated heterocycles. The summed E-state index contributed by atoms with van der Waals surface area (Å²) in [7, 11) is 0. The van der Waals surface area contributed by atoms with Crippen LogP contribution in [0.4, 0.5) is 8.78 Å². The second-order valence-corrected chi connectivity index (χ2v) is 10.1. The molecule has 1 aliphatic carbocycles. The van der Waals surface area contributed by atoms with Gasteiger partial charge in [0, 0.05) is 59.4 Å². The first kappa shape index (κ1) is 26.4. The Kier molecular flexibility index (Phi) is 8.81. The van der Waals surface area contributed by atoms with Crippen LogP contribution in [0.3, 0.4) is 0 Å². The Morgan fingerprint density at radius 2 is 1.33 bits per heavy atom. The molecule has 5 rings (SSSR count). The van der Waals surface area contributed by atoms with Crippen molar-refractivity contribution in [3.05, 3.63) is 71.6 Å². The number of H-pyrrole nitrogens is 2. The van der Waals surface area contributed by atoms with E-state index in [1.807, 2.05) is 18.5 Å². The summed E-state index contributed by atoms with van der Waals surface area (Å²) < 4.78 is 26.5. The van der Waals surface area contributed by atoms with Crippen molar-refractivity contribution in [1.29, 1.82) is 0 Å². The van der Waals surface area contributed by atoms with Gasteiger partial charge in [-0.15, -0.1) is 0 Å². The number of rotatable bonds is 10. The van der Waals surface area contributed by atoms with E-state index in [4.69, 9.17) is 0 Å². The van der Waals surface area contributed by atoms with Gasteiger partial charge in [0.15, 0.2) is 0 Å². The molecule has 2 heterocycles. The third-order valence-electron chi connectivity index (χ3n) is 7.40. The van der Waals surface area contributed by atoms with E-state index in [1.165, 1.54) is 36.1 Å². The number of nitrogens with one attached hydrogen (secondary N) is 2. The Hall–Kier alpha value is -2.70. The van der Waals surface area contributed by atoms with Crippen molar-refractivity contribution in [3.8, 4) is 0 Å². The second-order valence-electron chi connectivity index (χ2n) is 10.1. The Morgan fingerprint density at radius 3 is 1.78 bits per heavy atom. The number of fused-ring (bicyclic) bond motifs is 2. The monoisotopic (exact) mass is 494 g/mol. The molecule has 0 spiro atoms. The number of hydrogen-bond donors (Lipinski definition) is 2. The van der Waals surface area contributed by atoms with Gasteiger partial charge in [-0.1, -0.05) is 13.8 Å². The molecule has 0 unspecified atom stereocenters. The van der Waals surface area contributed by atoms with E-state index >= 15 is 0 Å². The standard InChI is InChI=1S/C15H19FN2.C15H21FN2/c1-2-18(13-4-5-13)8-7-11-10-17-15-6-3-12(16)9-14(11)15;1-4-18(11(2)3)8-7-12-10-17-15-6-5-13(16)9-14(12)15/h3,6,9-10,13,17H,2,4-5,7-8H2,1H3;5-6,9-11,17H,4,7-8H2,1-3H3. The van der Waals surface area contributed by atoms with Crippen molar-refractivity contribution in [2.45, 2.75) is 65.5 Å². The zero-order chi connectivity index (χ0) is 25.7. The number of likely N-dealkylation sites (N-methyl/N-ethyl adjacent to an activating group) is 2. The van der Waals surface area contributed by atoms with Crippen LogP contribution < -0.4 is 0 Å². The highest BCUT2D eigenvalue weighted by Gasteiger charge is 2.27. The number of nitrogens with zero attached hydrogens (tertiary/aromatic N) is 2. The highest BCUT2D eigenvalue weighted by molar-refractivity contribution is 5.83. The van der Waals surface area contributed by atoms with E-state index in [1.54, 1.807) is 18.2 Å². The number of benzene rings is 2. The molecule has 1 aliphatic rings. The molecule has 0 radical (unpaired) electrons. The maximum atomic E-state index is 13.3. The van der Waals surface area contributed by atoms with Crippen LogP contribution in [0.1, 0.15) is 51.7 Å². The summed E-state index contributed by atoms with van der Waals surface area (Å²) in [5.41, 5.74) is 4.46. The molecule has 0 atom stereocenters. The Labute approximate surface area is 213 Å². The fraction of sp³-hybridized carbons (Fsp3) is 0.467. The quantitative estimate of drug-likeness (QED) is 0.251. The van der Waals surface area contributed by atoms with Crippen LogP contribution in [-0.2, 0) is 12.8 Å². The third-order valence-corrected chi connectivity index (χ3v) is 7.40. The van der Waals surface area contributed by atoms with Gasteiger partial charge < -0.3 is 19.8 Å². The van der Waals surface area contributed by atoms with Crippen LogP contribution in [0, 0.1) is 11.6 Å². The average molecular weight is 495 g/mol. The predicted molar refractivity (Wildman–Crippen MR) is 147 cm³/mol. The molecule has 2 aromatic heterocycles. The predicted octanol–water partition coefficient (Wildman–Crippen LogP) is 6.91. The molecule has 194 valence electrons. The highest BCUT2D eigenvalue weighted by atomic mass is 19.1. The first-order valence-electron chi connectivity index (χ1n) is 13.4. The third kappa shape index (κ3) is 6.54. The molecular weight excluding hydrogens is 454 g/mol. The number of hydrogen-bond acceptors (Lipinski definition) is 2. The van der Waals surface area contributed by atoms with Gasteiger partial charge in [-0.3, -0.25) is 0 Å². The Bertz CT molecular complexity index is 1160. The lowest BCUT2D eigenvalue weighted by atomic mass is 10.1. The van der Waals surface area contributed by atoms with Gasteiger partial charge >= 0.3 is 0 Å².